The minimum absolute atomic E-state index is 0.0289. The molecule has 0 aromatic heterocycles. The van der Waals surface area contributed by atoms with Crippen LogP contribution in [0.4, 0.5) is 0 Å². The summed E-state index contributed by atoms with van der Waals surface area (Å²) in [6.07, 6.45) is 0.242. The summed E-state index contributed by atoms with van der Waals surface area (Å²) in [6, 6.07) is 13.6. The van der Waals surface area contributed by atoms with E-state index in [2.05, 4.69) is 6.07 Å². The Morgan fingerprint density at radius 1 is 1.09 bits per heavy atom. The Morgan fingerprint density at radius 3 is 2.22 bits per heavy atom. The van der Waals surface area contributed by atoms with Crippen molar-refractivity contribution in [3.8, 4) is 0 Å². The molecule has 0 unspecified atom stereocenters. The number of benzene rings is 2. The average Bonchev–Trinajstić information content (AvgIpc) is 2.45. The maximum Gasteiger partial charge on any atom is 0.193 e. The molecule has 0 fully saturated rings. The number of hydrogen-bond acceptors (Lipinski definition) is 2. The lowest BCUT2D eigenvalue weighted by Crippen LogP contribution is -2.20. The number of halogens is 1. The Balaban J connectivity index is 2.63. The predicted molar refractivity (Wildman–Crippen MR) is 93.2 cm³/mol. The van der Waals surface area contributed by atoms with Gasteiger partial charge in [0.05, 0.1) is 0 Å². The third kappa shape index (κ3) is 4.08. The molecule has 2 rings (SSSR count). The number of Topliss-reactive ketones (excluding diaryl/α,β-unsaturated/α-hetero) is 1. The van der Waals surface area contributed by atoms with Gasteiger partial charge in [0.25, 0.3) is 0 Å². The van der Waals surface area contributed by atoms with Gasteiger partial charge >= 0.3 is 0 Å². The molecule has 23 heavy (non-hydrogen) atoms. The first-order chi connectivity index (χ1) is 10.7. The Kier molecular flexibility index (Phi) is 5.06. The van der Waals surface area contributed by atoms with Crippen molar-refractivity contribution in [1.82, 2.24) is 0 Å². The van der Waals surface area contributed by atoms with Crippen LogP contribution in [0.25, 0.3) is 0 Å². The Labute approximate surface area is 142 Å². The van der Waals surface area contributed by atoms with Crippen LogP contribution < -0.4 is 0 Å². The van der Waals surface area contributed by atoms with Crippen molar-refractivity contribution in [2.75, 3.05) is 0 Å². The number of hydrogen-bond donors (Lipinski definition) is 0. The third-order valence-electron chi connectivity index (χ3n) is 3.61. The number of carbonyl (C=O) groups is 2. The Hall–Kier alpha value is -1.93. The van der Waals surface area contributed by atoms with Crippen LogP contribution in [0.2, 0.25) is 5.02 Å². The van der Waals surface area contributed by atoms with Gasteiger partial charge in [-0.05, 0) is 53.8 Å². The molecule has 0 aliphatic heterocycles. The highest BCUT2D eigenvalue weighted by molar-refractivity contribution is 6.30. The van der Waals surface area contributed by atoms with E-state index in [0.29, 0.717) is 16.1 Å². The van der Waals surface area contributed by atoms with Crippen molar-refractivity contribution in [2.45, 2.75) is 39.5 Å². The molecule has 0 heterocycles. The van der Waals surface area contributed by atoms with Gasteiger partial charge in [-0.15, -0.1) is 0 Å². The van der Waals surface area contributed by atoms with Crippen molar-refractivity contribution in [1.29, 1.82) is 0 Å². The van der Waals surface area contributed by atoms with Gasteiger partial charge < -0.3 is 0 Å². The van der Waals surface area contributed by atoms with Crippen LogP contribution in [0.5, 0.6) is 0 Å². The van der Waals surface area contributed by atoms with Gasteiger partial charge in [0.1, 0.15) is 5.78 Å². The van der Waals surface area contributed by atoms with Crippen molar-refractivity contribution >= 4 is 23.2 Å². The zero-order valence-corrected chi connectivity index (χ0v) is 14.6. The second kappa shape index (κ2) is 6.67. The molecule has 0 aliphatic carbocycles. The highest BCUT2D eigenvalue weighted by Crippen LogP contribution is 2.30. The van der Waals surface area contributed by atoms with E-state index in [-0.39, 0.29) is 23.4 Å². The lowest BCUT2D eigenvalue weighted by molar-refractivity contribution is -0.116. The minimum atomic E-state index is -0.246. The molecule has 0 bridgehead atoms. The molecule has 3 heteroatoms. The minimum Gasteiger partial charge on any atom is -0.300 e. The van der Waals surface area contributed by atoms with Gasteiger partial charge in [0, 0.05) is 22.6 Å². The van der Waals surface area contributed by atoms with E-state index in [4.69, 9.17) is 11.6 Å². The number of rotatable bonds is 4. The van der Waals surface area contributed by atoms with E-state index in [1.54, 1.807) is 36.4 Å². The summed E-state index contributed by atoms with van der Waals surface area (Å²) in [6.45, 7) is 7.64. The van der Waals surface area contributed by atoms with Crippen LogP contribution in [-0.4, -0.2) is 11.6 Å². The molecular weight excluding hydrogens is 308 g/mol. The molecule has 0 atom stereocenters. The van der Waals surface area contributed by atoms with Crippen molar-refractivity contribution in [2.24, 2.45) is 0 Å². The van der Waals surface area contributed by atoms with Crippen LogP contribution >= 0.6 is 11.6 Å². The summed E-state index contributed by atoms with van der Waals surface area (Å²) in [7, 11) is 0. The lowest BCUT2D eigenvalue weighted by atomic mass is 9.79. The lowest BCUT2D eigenvalue weighted by Gasteiger charge is -2.24. The van der Waals surface area contributed by atoms with E-state index < -0.39 is 0 Å². The summed E-state index contributed by atoms with van der Waals surface area (Å²) < 4.78 is 0. The van der Waals surface area contributed by atoms with E-state index in [1.807, 2.05) is 20.8 Å². The second-order valence-corrected chi connectivity index (χ2v) is 7.15. The van der Waals surface area contributed by atoms with Gasteiger partial charge in [-0.2, -0.15) is 0 Å². The molecular formula is C20H20ClO2. The first-order valence-electron chi connectivity index (χ1n) is 7.54. The van der Waals surface area contributed by atoms with Gasteiger partial charge in [-0.1, -0.05) is 44.5 Å². The largest absolute Gasteiger partial charge is 0.300 e. The highest BCUT2D eigenvalue weighted by Gasteiger charge is 2.25. The van der Waals surface area contributed by atoms with Crippen LogP contribution in [-0.2, 0) is 16.6 Å². The van der Waals surface area contributed by atoms with Crippen LogP contribution in [0, 0.1) is 6.07 Å². The molecule has 0 N–H and O–H groups in total. The predicted octanol–water partition coefficient (Wildman–Crippen LogP) is 4.80. The molecule has 2 aromatic carbocycles. The van der Waals surface area contributed by atoms with Crippen molar-refractivity contribution in [3.05, 3.63) is 69.7 Å². The van der Waals surface area contributed by atoms with Crippen LogP contribution in [0.15, 0.2) is 36.4 Å². The van der Waals surface area contributed by atoms with E-state index >= 15 is 0 Å². The van der Waals surface area contributed by atoms with Gasteiger partial charge in [-0.25, -0.2) is 0 Å². The van der Waals surface area contributed by atoms with Crippen molar-refractivity contribution < 1.29 is 9.59 Å². The Bertz CT molecular complexity index is 737. The zero-order valence-electron chi connectivity index (χ0n) is 13.9. The second-order valence-electron chi connectivity index (χ2n) is 6.72. The first-order valence-corrected chi connectivity index (χ1v) is 7.91. The molecule has 0 saturated carbocycles. The summed E-state index contributed by atoms with van der Waals surface area (Å²) in [5.74, 6) is -0.0686. The molecule has 119 valence electrons. The summed E-state index contributed by atoms with van der Waals surface area (Å²) in [5.41, 5.74) is 2.48. The maximum atomic E-state index is 13.1. The standard InChI is InChI=1S/C20H20ClO2/c1-13(22)12-15-6-5-7-17(20(2,3)4)18(15)19(23)14-8-10-16(21)11-9-14/h5-6,8-11H,12H2,1-4H3. The molecule has 2 aromatic rings. The smallest absolute Gasteiger partial charge is 0.193 e. The van der Waals surface area contributed by atoms with Crippen LogP contribution in [0.1, 0.15) is 54.7 Å². The fraction of sp³-hybridized carbons (Fsp3) is 0.300. The van der Waals surface area contributed by atoms with E-state index in [9.17, 15) is 9.59 Å². The van der Waals surface area contributed by atoms with E-state index in [0.717, 1.165) is 11.1 Å². The van der Waals surface area contributed by atoms with E-state index in [1.165, 1.54) is 6.92 Å². The number of ketones is 2. The van der Waals surface area contributed by atoms with Gasteiger partial charge in [0.15, 0.2) is 5.78 Å². The topological polar surface area (TPSA) is 34.1 Å². The highest BCUT2D eigenvalue weighted by atomic mass is 35.5. The first kappa shape index (κ1) is 17.4. The average molecular weight is 328 g/mol. The monoisotopic (exact) mass is 327 g/mol. The molecule has 1 radical (unpaired) electrons. The van der Waals surface area contributed by atoms with Gasteiger partial charge in [-0.3, -0.25) is 9.59 Å². The molecule has 0 amide bonds. The number of carbonyl (C=O) groups excluding carboxylic acids is 2. The normalized spacial score (nSPS) is 11.3. The van der Waals surface area contributed by atoms with Crippen molar-refractivity contribution in [3.63, 3.8) is 0 Å². The Morgan fingerprint density at radius 2 is 1.70 bits per heavy atom. The third-order valence-corrected chi connectivity index (χ3v) is 3.86. The van der Waals surface area contributed by atoms with Crippen LogP contribution in [0.3, 0.4) is 0 Å². The zero-order chi connectivity index (χ0) is 17.2. The molecule has 2 nitrogen and oxygen atoms in total. The summed E-state index contributed by atoms with van der Waals surface area (Å²) >= 11 is 5.90. The molecule has 0 saturated heterocycles. The fourth-order valence-corrected chi connectivity index (χ4v) is 2.68. The molecule has 0 aliphatic rings. The van der Waals surface area contributed by atoms with Gasteiger partial charge in [0.2, 0.25) is 0 Å². The summed E-state index contributed by atoms with van der Waals surface area (Å²) in [4.78, 5) is 24.6. The summed E-state index contributed by atoms with van der Waals surface area (Å²) in [5, 5.41) is 0.584. The SMILES string of the molecule is CC(=O)Cc1cc[c]c(C(C)(C)C)c1C(=O)c1ccc(Cl)cc1. The molecule has 0 spiro atoms. The maximum absolute atomic E-state index is 13.1. The fourth-order valence-electron chi connectivity index (χ4n) is 2.55. The quantitative estimate of drug-likeness (QED) is 0.756.